The average Bonchev–Trinajstić information content (AvgIpc) is 3.18. The van der Waals surface area contributed by atoms with Crippen LogP contribution >= 0.6 is 11.6 Å². The molecule has 1 fully saturated rings. The van der Waals surface area contributed by atoms with Gasteiger partial charge in [0.2, 0.25) is 5.91 Å². The first-order valence-corrected chi connectivity index (χ1v) is 9.27. The van der Waals surface area contributed by atoms with Crippen LogP contribution in [0.25, 0.3) is 0 Å². The molecule has 0 aromatic carbocycles. The van der Waals surface area contributed by atoms with Crippen LogP contribution in [-0.4, -0.2) is 54.3 Å². The summed E-state index contributed by atoms with van der Waals surface area (Å²) in [6.45, 7) is -0.627. The molecule has 2 aromatic heterocycles. The molecule has 0 radical (unpaired) electrons. The molecule has 2 unspecified atom stereocenters. The standard InChI is InChI=1S/C17H18ClF2N5O3/c18-13-4-1-10(7-21-13)8-24-16(28)25-11(2-3-12(26)14(25)22-24)15(27)23-6-5-17(19,20)9-23/h1,4,7,11-12,26H,2-3,5-6,8-9H2. The molecular formula is C17H18ClF2N5O3. The molecule has 0 bridgehead atoms. The van der Waals surface area contributed by atoms with Gasteiger partial charge in [0.15, 0.2) is 5.82 Å². The van der Waals surface area contributed by atoms with E-state index in [0.29, 0.717) is 10.7 Å². The number of likely N-dealkylation sites (tertiary alicyclic amines) is 1. The number of nitrogens with zero attached hydrogens (tertiary/aromatic N) is 5. The van der Waals surface area contributed by atoms with Crippen molar-refractivity contribution in [3.63, 3.8) is 0 Å². The van der Waals surface area contributed by atoms with Crippen molar-refractivity contribution in [3.8, 4) is 0 Å². The van der Waals surface area contributed by atoms with Gasteiger partial charge in [0, 0.05) is 19.2 Å². The third-order valence-corrected chi connectivity index (χ3v) is 5.33. The first kappa shape index (κ1) is 19.0. The second-order valence-electron chi connectivity index (χ2n) is 7.13. The van der Waals surface area contributed by atoms with Crippen LogP contribution in [0.3, 0.4) is 0 Å². The highest BCUT2D eigenvalue weighted by atomic mass is 35.5. The zero-order valence-electron chi connectivity index (χ0n) is 14.8. The van der Waals surface area contributed by atoms with E-state index in [9.17, 15) is 23.5 Å². The van der Waals surface area contributed by atoms with Gasteiger partial charge in [-0.2, -0.15) is 5.10 Å². The number of halogens is 3. The Bertz CT molecular complexity index is 959. The van der Waals surface area contributed by atoms with Crippen molar-refractivity contribution in [2.45, 2.75) is 43.9 Å². The van der Waals surface area contributed by atoms with E-state index in [1.165, 1.54) is 6.20 Å². The lowest BCUT2D eigenvalue weighted by atomic mass is 10.0. The molecule has 11 heteroatoms. The molecule has 4 rings (SSSR count). The molecule has 4 heterocycles. The van der Waals surface area contributed by atoms with Crippen LogP contribution < -0.4 is 5.69 Å². The first-order valence-electron chi connectivity index (χ1n) is 8.89. The van der Waals surface area contributed by atoms with E-state index < -0.39 is 42.6 Å². The molecule has 1 N–H and O–H groups in total. The molecule has 0 spiro atoms. The fourth-order valence-corrected chi connectivity index (χ4v) is 3.79. The van der Waals surface area contributed by atoms with Crippen LogP contribution in [0, 0.1) is 0 Å². The van der Waals surface area contributed by atoms with Crippen LogP contribution in [0.15, 0.2) is 23.1 Å². The second-order valence-corrected chi connectivity index (χ2v) is 7.52. The van der Waals surface area contributed by atoms with Crippen molar-refractivity contribution in [1.29, 1.82) is 0 Å². The Labute approximate surface area is 163 Å². The van der Waals surface area contributed by atoms with Crippen LogP contribution in [0.2, 0.25) is 5.15 Å². The summed E-state index contributed by atoms with van der Waals surface area (Å²) in [7, 11) is 0. The van der Waals surface area contributed by atoms with E-state index in [2.05, 4.69) is 10.1 Å². The van der Waals surface area contributed by atoms with Gasteiger partial charge in [0.25, 0.3) is 5.92 Å². The Morgan fingerprint density at radius 1 is 1.36 bits per heavy atom. The van der Waals surface area contributed by atoms with Crippen molar-refractivity contribution in [2.24, 2.45) is 0 Å². The van der Waals surface area contributed by atoms with Crippen molar-refractivity contribution < 1.29 is 18.7 Å². The summed E-state index contributed by atoms with van der Waals surface area (Å²) in [5.74, 6) is -3.38. The molecule has 1 amide bonds. The SMILES string of the molecule is O=C(C1CCC(O)c2nn(Cc3ccc(Cl)nc3)c(=O)n21)N1CCC(F)(F)C1. The van der Waals surface area contributed by atoms with E-state index in [1.54, 1.807) is 12.1 Å². The smallest absolute Gasteiger partial charge is 0.347 e. The van der Waals surface area contributed by atoms with Gasteiger partial charge in [-0.15, -0.1) is 0 Å². The maximum atomic E-state index is 13.5. The van der Waals surface area contributed by atoms with Crippen molar-refractivity contribution in [1.82, 2.24) is 24.2 Å². The van der Waals surface area contributed by atoms with Crippen LogP contribution in [0.5, 0.6) is 0 Å². The lowest BCUT2D eigenvalue weighted by Crippen LogP contribution is -2.43. The topological polar surface area (TPSA) is 93.2 Å². The number of fused-ring (bicyclic) bond motifs is 1. The zero-order valence-corrected chi connectivity index (χ0v) is 15.5. The molecule has 2 aliphatic rings. The van der Waals surface area contributed by atoms with Gasteiger partial charge in [0.05, 0.1) is 13.1 Å². The summed E-state index contributed by atoms with van der Waals surface area (Å²) in [6, 6.07) is 2.31. The zero-order chi connectivity index (χ0) is 20.1. The average molecular weight is 414 g/mol. The summed E-state index contributed by atoms with van der Waals surface area (Å²) < 4.78 is 29.3. The number of carbonyl (C=O) groups excluding carboxylic acids is 1. The number of amides is 1. The first-order chi connectivity index (χ1) is 13.2. The molecule has 150 valence electrons. The maximum Gasteiger partial charge on any atom is 0.347 e. The van der Waals surface area contributed by atoms with Gasteiger partial charge < -0.3 is 10.0 Å². The van der Waals surface area contributed by atoms with Gasteiger partial charge in [0.1, 0.15) is 17.3 Å². The lowest BCUT2D eigenvalue weighted by Gasteiger charge is -2.29. The summed E-state index contributed by atoms with van der Waals surface area (Å²) in [5.41, 5.74) is 0.0894. The minimum absolute atomic E-state index is 0.0560. The lowest BCUT2D eigenvalue weighted by molar-refractivity contribution is -0.136. The van der Waals surface area contributed by atoms with E-state index in [1.807, 2.05) is 0 Å². The summed E-state index contributed by atoms with van der Waals surface area (Å²) >= 11 is 5.76. The predicted molar refractivity (Wildman–Crippen MR) is 94.2 cm³/mol. The Morgan fingerprint density at radius 2 is 2.14 bits per heavy atom. The second kappa shape index (κ2) is 6.93. The normalized spacial score (nSPS) is 23.6. The number of rotatable bonds is 3. The third-order valence-electron chi connectivity index (χ3n) is 5.11. The molecule has 8 nitrogen and oxygen atoms in total. The number of hydrogen-bond donors (Lipinski definition) is 1. The minimum atomic E-state index is -2.91. The molecule has 1 saturated heterocycles. The Kier molecular flexibility index (Phi) is 4.70. The van der Waals surface area contributed by atoms with E-state index >= 15 is 0 Å². The maximum absolute atomic E-state index is 13.5. The Hall–Kier alpha value is -2.33. The quantitative estimate of drug-likeness (QED) is 0.767. The molecule has 2 atom stereocenters. The van der Waals surface area contributed by atoms with Crippen molar-refractivity contribution >= 4 is 17.5 Å². The number of carbonyl (C=O) groups is 1. The molecule has 0 saturated carbocycles. The van der Waals surface area contributed by atoms with Crippen molar-refractivity contribution in [2.75, 3.05) is 13.1 Å². The van der Waals surface area contributed by atoms with Gasteiger partial charge in [-0.05, 0) is 24.5 Å². The monoisotopic (exact) mass is 413 g/mol. The van der Waals surface area contributed by atoms with Gasteiger partial charge in [-0.1, -0.05) is 17.7 Å². The molecule has 2 aliphatic heterocycles. The Morgan fingerprint density at radius 3 is 2.79 bits per heavy atom. The predicted octanol–water partition coefficient (Wildman–Crippen LogP) is 1.38. The fraction of sp³-hybridized carbons (Fsp3) is 0.529. The van der Waals surface area contributed by atoms with E-state index in [-0.39, 0.29) is 31.8 Å². The number of pyridine rings is 1. The van der Waals surface area contributed by atoms with Crippen LogP contribution in [0.4, 0.5) is 8.78 Å². The molecular weight excluding hydrogens is 396 g/mol. The summed E-state index contributed by atoms with van der Waals surface area (Å²) in [4.78, 5) is 30.7. The third kappa shape index (κ3) is 3.42. The Balaban J connectivity index is 1.65. The highest BCUT2D eigenvalue weighted by molar-refractivity contribution is 6.29. The van der Waals surface area contributed by atoms with E-state index in [4.69, 9.17) is 11.6 Å². The largest absolute Gasteiger partial charge is 0.385 e. The van der Waals surface area contributed by atoms with Gasteiger partial charge in [-0.3, -0.25) is 9.36 Å². The molecule has 2 aromatic rings. The van der Waals surface area contributed by atoms with E-state index in [0.717, 1.165) is 14.1 Å². The number of aromatic nitrogens is 4. The van der Waals surface area contributed by atoms with Gasteiger partial charge >= 0.3 is 5.69 Å². The van der Waals surface area contributed by atoms with Crippen LogP contribution in [-0.2, 0) is 11.3 Å². The summed E-state index contributed by atoms with van der Waals surface area (Å²) in [6.07, 6.45) is 0.515. The number of aliphatic hydroxyl groups excluding tert-OH is 1. The molecule has 0 aliphatic carbocycles. The van der Waals surface area contributed by atoms with Crippen LogP contribution in [0.1, 0.15) is 42.8 Å². The van der Waals surface area contributed by atoms with Gasteiger partial charge in [-0.25, -0.2) is 23.2 Å². The number of aliphatic hydroxyl groups is 1. The highest BCUT2D eigenvalue weighted by Crippen LogP contribution is 2.33. The summed E-state index contributed by atoms with van der Waals surface area (Å²) in [5, 5.41) is 14.7. The fourth-order valence-electron chi connectivity index (χ4n) is 3.68. The number of alkyl halides is 2. The highest BCUT2D eigenvalue weighted by Gasteiger charge is 2.44. The van der Waals surface area contributed by atoms with Crippen molar-refractivity contribution in [3.05, 3.63) is 45.4 Å². The number of hydrogen-bond acceptors (Lipinski definition) is 5. The molecule has 28 heavy (non-hydrogen) atoms. The minimum Gasteiger partial charge on any atom is -0.385 e.